The molecule has 2 atom stereocenters. The summed E-state index contributed by atoms with van der Waals surface area (Å²) in [5.41, 5.74) is 1.49. The van der Waals surface area contributed by atoms with Crippen molar-refractivity contribution < 1.29 is 9.53 Å². The van der Waals surface area contributed by atoms with E-state index in [1.165, 1.54) is 7.11 Å². The third-order valence-corrected chi connectivity index (χ3v) is 4.51. The number of allylic oxidation sites excluding steroid dienone is 1. The molecular formula is C18H20N2O2S. The topological polar surface area (TPSA) is 62.2 Å². The molecule has 23 heavy (non-hydrogen) atoms. The molecule has 0 aliphatic carbocycles. The lowest BCUT2D eigenvalue weighted by molar-refractivity contribution is 0.165. The summed E-state index contributed by atoms with van der Waals surface area (Å²) >= 11 is 1.55. The standard InChI is InChI=1S/C18H20N2O2S/c1-13(15(19)11-10-14-7-4-3-5-8-14)17(20-18(21)22-2)16-9-6-12-23-16/h3-13,17,19H,1-2H3,(H,20,21)/b11-10+,19-15?. The fourth-order valence-electron chi connectivity index (χ4n) is 2.18. The van der Waals surface area contributed by atoms with Gasteiger partial charge in [-0.1, -0.05) is 49.4 Å². The molecule has 0 fully saturated rings. The van der Waals surface area contributed by atoms with Gasteiger partial charge in [-0.15, -0.1) is 11.3 Å². The summed E-state index contributed by atoms with van der Waals surface area (Å²) in [6.45, 7) is 1.93. The van der Waals surface area contributed by atoms with Gasteiger partial charge >= 0.3 is 6.09 Å². The minimum atomic E-state index is -0.491. The summed E-state index contributed by atoms with van der Waals surface area (Å²) in [5.74, 6) is -0.173. The minimum Gasteiger partial charge on any atom is -0.453 e. The molecule has 1 amide bonds. The van der Waals surface area contributed by atoms with Crippen LogP contribution in [-0.4, -0.2) is 18.9 Å². The molecule has 1 aromatic carbocycles. The zero-order valence-corrected chi connectivity index (χ0v) is 14.0. The van der Waals surface area contributed by atoms with E-state index in [9.17, 15) is 4.79 Å². The largest absolute Gasteiger partial charge is 0.453 e. The van der Waals surface area contributed by atoms with Crippen LogP contribution in [0, 0.1) is 11.3 Å². The first-order chi connectivity index (χ1) is 11.1. The summed E-state index contributed by atoms with van der Waals surface area (Å²) in [6, 6.07) is 13.4. The van der Waals surface area contributed by atoms with Crippen molar-refractivity contribution in [1.82, 2.24) is 5.32 Å². The third kappa shape index (κ3) is 4.79. The van der Waals surface area contributed by atoms with Crippen molar-refractivity contribution in [2.24, 2.45) is 5.92 Å². The second-order valence-corrected chi connectivity index (χ2v) is 6.10. The number of carbonyl (C=O) groups is 1. The Morgan fingerprint density at radius 3 is 2.61 bits per heavy atom. The highest BCUT2D eigenvalue weighted by Crippen LogP contribution is 2.27. The van der Waals surface area contributed by atoms with Gasteiger partial charge in [-0.2, -0.15) is 0 Å². The maximum atomic E-state index is 11.6. The molecule has 0 saturated heterocycles. The molecule has 2 rings (SSSR count). The highest BCUT2D eigenvalue weighted by Gasteiger charge is 2.24. The van der Waals surface area contributed by atoms with Crippen LogP contribution in [0.2, 0.25) is 0 Å². The van der Waals surface area contributed by atoms with Gasteiger partial charge in [0, 0.05) is 16.5 Å². The van der Waals surface area contributed by atoms with Gasteiger partial charge < -0.3 is 15.5 Å². The first-order valence-corrected chi connectivity index (χ1v) is 8.19. The summed E-state index contributed by atoms with van der Waals surface area (Å²) in [4.78, 5) is 12.6. The van der Waals surface area contributed by atoms with Crippen LogP contribution in [0.1, 0.15) is 23.4 Å². The second kappa shape index (κ2) is 8.29. The second-order valence-electron chi connectivity index (χ2n) is 5.12. The summed E-state index contributed by atoms with van der Waals surface area (Å²) < 4.78 is 4.70. The first-order valence-electron chi connectivity index (χ1n) is 7.31. The molecule has 0 radical (unpaired) electrons. The molecule has 120 valence electrons. The van der Waals surface area contributed by atoms with Gasteiger partial charge in [-0.05, 0) is 23.1 Å². The first kappa shape index (κ1) is 17.0. The van der Waals surface area contributed by atoms with Gasteiger partial charge in [-0.3, -0.25) is 0 Å². The quantitative estimate of drug-likeness (QED) is 0.766. The Morgan fingerprint density at radius 2 is 2.00 bits per heavy atom. The van der Waals surface area contributed by atoms with Gasteiger partial charge in [0.05, 0.1) is 13.2 Å². The maximum absolute atomic E-state index is 11.6. The van der Waals surface area contributed by atoms with E-state index in [4.69, 9.17) is 10.1 Å². The average molecular weight is 328 g/mol. The van der Waals surface area contributed by atoms with Crippen molar-refractivity contribution in [3.05, 3.63) is 64.4 Å². The highest BCUT2D eigenvalue weighted by atomic mass is 32.1. The zero-order chi connectivity index (χ0) is 16.7. The van der Waals surface area contributed by atoms with Crippen molar-refractivity contribution in [1.29, 1.82) is 5.41 Å². The van der Waals surface area contributed by atoms with Crippen LogP contribution in [0.25, 0.3) is 6.08 Å². The number of hydrogen-bond donors (Lipinski definition) is 2. The van der Waals surface area contributed by atoms with Crippen molar-refractivity contribution in [3.8, 4) is 0 Å². The van der Waals surface area contributed by atoms with E-state index >= 15 is 0 Å². The SMILES string of the molecule is COC(=O)NC(c1cccs1)C(C)C(=N)/C=C/c1ccccc1. The number of amides is 1. The Kier molecular flexibility index (Phi) is 6.11. The Bertz CT molecular complexity index is 666. The van der Waals surface area contributed by atoms with Crippen LogP contribution in [0.15, 0.2) is 53.9 Å². The number of nitrogens with one attached hydrogen (secondary N) is 2. The monoisotopic (exact) mass is 328 g/mol. The molecule has 0 bridgehead atoms. The van der Waals surface area contributed by atoms with Gasteiger partial charge in [0.2, 0.25) is 0 Å². The van der Waals surface area contributed by atoms with Crippen LogP contribution in [0.4, 0.5) is 4.79 Å². The van der Waals surface area contributed by atoms with Gasteiger partial charge in [0.15, 0.2) is 0 Å². The van der Waals surface area contributed by atoms with Gasteiger partial charge in [0.1, 0.15) is 0 Å². The Morgan fingerprint density at radius 1 is 1.26 bits per heavy atom. The van der Waals surface area contributed by atoms with Crippen molar-refractivity contribution in [2.45, 2.75) is 13.0 Å². The number of hydrogen-bond acceptors (Lipinski definition) is 4. The predicted molar refractivity (Wildman–Crippen MR) is 95.0 cm³/mol. The van der Waals surface area contributed by atoms with Crippen molar-refractivity contribution >= 4 is 29.2 Å². The number of alkyl carbamates (subject to hydrolysis) is 1. The van der Waals surface area contributed by atoms with Crippen molar-refractivity contribution in [3.63, 3.8) is 0 Å². The number of carbonyl (C=O) groups excluding carboxylic acids is 1. The molecule has 0 spiro atoms. The predicted octanol–water partition coefficient (Wildman–Crippen LogP) is 4.51. The summed E-state index contributed by atoms with van der Waals surface area (Å²) in [6.07, 6.45) is 3.19. The molecule has 5 heteroatoms. The molecular weight excluding hydrogens is 308 g/mol. The van der Waals surface area contributed by atoms with E-state index in [0.29, 0.717) is 5.71 Å². The number of ether oxygens (including phenoxy) is 1. The van der Waals surface area contributed by atoms with Crippen LogP contribution in [0.5, 0.6) is 0 Å². The summed E-state index contributed by atoms with van der Waals surface area (Å²) in [5, 5.41) is 13.1. The normalized spacial score (nSPS) is 13.5. The van der Waals surface area contributed by atoms with Crippen LogP contribution in [-0.2, 0) is 4.74 Å². The number of methoxy groups -OCH3 is 1. The lowest BCUT2D eigenvalue weighted by Gasteiger charge is -2.23. The average Bonchev–Trinajstić information content (AvgIpc) is 3.11. The number of rotatable bonds is 6. The molecule has 2 aromatic rings. The van der Waals surface area contributed by atoms with Crippen LogP contribution in [0.3, 0.4) is 0 Å². The van der Waals surface area contributed by atoms with E-state index in [1.54, 1.807) is 17.4 Å². The zero-order valence-electron chi connectivity index (χ0n) is 13.2. The molecule has 1 heterocycles. The van der Waals surface area contributed by atoms with Crippen molar-refractivity contribution in [2.75, 3.05) is 7.11 Å². The molecule has 1 aromatic heterocycles. The number of thiophene rings is 1. The molecule has 0 aliphatic heterocycles. The molecule has 2 N–H and O–H groups in total. The van der Waals surface area contributed by atoms with E-state index in [1.807, 2.05) is 60.8 Å². The maximum Gasteiger partial charge on any atom is 0.407 e. The third-order valence-electron chi connectivity index (χ3n) is 3.55. The molecule has 0 saturated carbocycles. The van der Waals surface area contributed by atoms with Gasteiger partial charge in [-0.25, -0.2) is 4.79 Å². The number of benzene rings is 1. The Hall–Kier alpha value is -2.40. The lowest BCUT2D eigenvalue weighted by atomic mass is 9.94. The fourth-order valence-corrected chi connectivity index (χ4v) is 3.06. The van der Waals surface area contributed by atoms with E-state index in [2.05, 4.69) is 5.32 Å². The van der Waals surface area contributed by atoms with E-state index in [-0.39, 0.29) is 12.0 Å². The molecule has 2 unspecified atom stereocenters. The highest BCUT2D eigenvalue weighted by molar-refractivity contribution is 7.10. The Labute approximate surface area is 140 Å². The van der Waals surface area contributed by atoms with Gasteiger partial charge in [0.25, 0.3) is 0 Å². The molecule has 0 aliphatic rings. The fraction of sp³-hybridized carbons (Fsp3) is 0.222. The Balaban J connectivity index is 2.13. The molecule has 4 nitrogen and oxygen atoms in total. The van der Waals surface area contributed by atoms with Crippen LogP contribution < -0.4 is 5.32 Å². The minimum absolute atomic E-state index is 0.173. The van der Waals surface area contributed by atoms with E-state index in [0.717, 1.165) is 10.4 Å². The summed E-state index contributed by atoms with van der Waals surface area (Å²) in [7, 11) is 1.34. The van der Waals surface area contributed by atoms with Crippen LogP contribution >= 0.6 is 11.3 Å². The smallest absolute Gasteiger partial charge is 0.407 e. The lowest BCUT2D eigenvalue weighted by Crippen LogP contribution is -2.34. The van der Waals surface area contributed by atoms with E-state index < -0.39 is 6.09 Å².